The summed E-state index contributed by atoms with van der Waals surface area (Å²) in [6, 6.07) is 5.71. The molecule has 2 aromatic rings. The van der Waals surface area contributed by atoms with Crippen LogP contribution in [0.5, 0.6) is 5.75 Å². The molecular weight excluding hydrogens is 394 g/mol. The zero-order chi connectivity index (χ0) is 21.2. The highest BCUT2D eigenvalue weighted by Gasteiger charge is 2.16. The summed E-state index contributed by atoms with van der Waals surface area (Å²) in [5.74, 6) is -0.868. The summed E-state index contributed by atoms with van der Waals surface area (Å²) in [5.41, 5.74) is 1.14. The highest BCUT2D eigenvalue weighted by Crippen LogP contribution is 2.16. The van der Waals surface area contributed by atoms with Crippen molar-refractivity contribution in [3.63, 3.8) is 0 Å². The molecule has 1 atom stereocenters. The molecule has 0 bridgehead atoms. The predicted molar refractivity (Wildman–Crippen MR) is 109 cm³/mol. The van der Waals surface area contributed by atoms with Crippen LogP contribution in [-0.4, -0.2) is 42.0 Å². The van der Waals surface area contributed by atoms with Crippen LogP contribution < -0.4 is 15.4 Å². The van der Waals surface area contributed by atoms with Crippen LogP contribution in [0.2, 0.25) is 0 Å². The number of nitrogens with one attached hydrogen (secondary N) is 2. The molecule has 0 saturated heterocycles. The first kappa shape index (κ1) is 22.4. The normalized spacial score (nSPS) is 11.4. The smallest absolute Gasteiger partial charge is 0.338 e. The molecule has 1 aromatic carbocycles. The number of aryl methyl sites for hydroxylation is 1. The third kappa shape index (κ3) is 7.53. The molecule has 2 rings (SSSR count). The molecule has 29 heavy (non-hydrogen) atoms. The number of hydrogen-bond acceptors (Lipinski definition) is 7. The number of esters is 1. The molecule has 0 aliphatic heterocycles. The van der Waals surface area contributed by atoms with Gasteiger partial charge in [0.25, 0.3) is 5.91 Å². The van der Waals surface area contributed by atoms with E-state index in [0.29, 0.717) is 24.5 Å². The number of hydrogen-bond donors (Lipinski definition) is 2. The van der Waals surface area contributed by atoms with Crippen molar-refractivity contribution < 1.29 is 23.9 Å². The van der Waals surface area contributed by atoms with Crippen LogP contribution in [0.4, 0.5) is 0 Å². The maximum absolute atomic E-state index is 12.1. The summed E-state index contributed by atoms with van der Waals surface area (Å²) in [7, 11) is 0. The molecule has 0 unspecified atom stereocenters. The van der Waals surface area contributed by atoms with Crippen molar-refractivity contribution in [2.45, 2.75) is 39.8 Å². The molecule has 1 heterocycles. The Morgan fingerprint density at radius 2 is 1.93 bits per heavy atom. The van der Waals surface area contributed by atoms with Gasteiger partial charge in [-0.15, -0.1) is 11.3 Å². The second-order valence-electron chi connectivity index (χ2n) is 6.33. The minimum absolute atomic E-state index is 0.282. The first-order valence-corrected chi connectivity index (χ1v) is 10.1. The summed E-state index contributed by atoms with van der Waals surface area (Å²) in [4.78, 5) is 40.0. The van der Waals surface area contributed by atoms with Crippen LogP contribution in [0, 0.1) is 6.92 Å². The number of amides is 2. The third-order valence-electron chi connectivity index (χ3n) is 3.80. The van der Waals surface area contributed by atoms with E-state index in [1.807, 2.05) is 19.2 Å². The average molecular weight is 420 g/mol. The van der Waals surface area contributed by atoms with Gasteiger partial charge in [-0.05, 0) is 44.5 Å². The fourth-order valence-electron chi connectivity index (χ4n) is 2.28. The van der Waals surface area contributed by atoms with Gasteiger partial charge in [-0.2, -0.15) is 0 Å². The van der Waals surface area contributed by atoms with E-state index in [1.54, 1.807) is 42.5 Å². The van der Waals surface area contributed by atoms with E-state index in [-0.39, 0.29) is 5.91 Å². The predicted octanol–water partition coefficient (Wildman–Crippen LogP) is 2.22. The van der Waals surface area contributed by atoms with Gasteiger partial charge in [0.05, 0.1) is 16.3 Å². The van der Waals surface area contributed by atoms with Gasteiger partial charge in [0.1, 0.15) is 18.4 Å². The zero-order valence-electron chi connectivity index (χ0n) is 16.7. The SMILES string of the molecule is CCCNC(=O)[C@H](C)NC(=O)COC(=O)c1ccc(OCc2csc(C)n2)cc1. The Hall–Kier alpha value is -2.94. The van der Waals surface area contributed by atoms with Gasteiger partial charge < -0.3 is 20.1 Å². The Kier molecular flexibility index (Phi) is 8.60. The van der Waals surface area contributed by atoms with Gasteiger partial charge in [-0.3, -0.25) is 9.59 Å². The standard InChI is InChI=1S/C20H25N3O5S/c1-4-9-21-19(25)13(2)22-18(24)11-28-20(26)15-5-7-17(8-6-15)27-10-16-12-29-14(3)23-16/h5-8,12-13H,4,9-11H2,1-3H3,(H,21,25)(H,22,24)/t13-/m0/s1. The number of carbonyl (C=O) groups is 3. The zero-order valence-corrected chi connectivity index (χ0v) is 17.5. The van der Waals surface area contributed by atoms with E-state index < -0.39 is 24.5 Å². The molecule has 0 fully saturated rings. The first-order chi connectivity index (χ1) is 13.9. The number of thiazole rings is 1. The summed E-state index contributed by atoms with van der Waals surface area (Å²) in [5, 5.41) is 8.07. The average Bonchev–Trinajstić information content (AvgIpc) is 3.14. The number of aromatic nitrogens is 1. The van der Waals surface area contributed by atoms with Gasteiger partial charge in [0.15, 0.2) is 6.61 Å². The van der Waals surface area contributed by atoms with E-state index in [1.165, 1.54) is 0 Å². The van der Waals surface area contributed by atoms with Gasteiger partial charge in [-0.25, -0.2) is 9.78 Å². The molecule has 156 valence electrons. The van der Waals surface area contributed by atoms with E-state index in [4.69, 9.17) is 9.47 Å². The molecule has 8 nitrogen and oxygen atoms in total. The van der Waals surface area contributed by atoms with Gasteiger partial charge in [0, 0.05) is 11.9 Å². The fourth-order valence-corrected chi connectivity index (χ4v) is 2.88. The van der Waals surface area contributed by atoms with Gasteiger partial charge in [0.2, 0.25) is 5.91 Å². The highest BCUT2D eigenvalue weighted by molar-refractivity contribution is 7.09. The van der Waals surface area contributed by atoms with Crippen molar-refractivity contribution in [2.75, 3.05) is 13.2 Å². The van der Waals surface area contributed by atoms with Gasteiger partial charge >= 0.3 is 5.97 Å². The second-order valence-corrected chi connectivity index (χ2v) is 7.39. The molecule has 0 radical (unpaired) electrons. The summed E-state index contributed by atoms with van der Waals surface area (Å²) in [6.07, 6.45) is 0.804. The van der Waals surface area contributed by atoms with E-state index in [9.17, 15) is 14.4 Å². The number of rotatable bonds is 10. The summed E-state index contributed by atoms with van der Waals surface area (Å²) in [6.45, 7) is 5.84. The second kappa shape index (κ2) is 11.2. The minimum atomic E-state index is -0.703. The Morgan fingerprint density at radius 3 is 2.55 bits per heavy atom. The monoisotopic (exact) mass is 419 g/mol. The number of nitrogens with zero attached hydrogens (tertiary/aromatic N) is 1. The lowest BCUT2D eigenvalue weighted by Crippen LogP contribution is -2.46. The Morgan fingerprint density at radius 1 is 1.21 bits per heavy atom. The van der Waals surface area contributed by atoms with Crippen molar-refractivity contribution in [2.24, 2.45) is 0 Å². The molecule has 1 aromatic heterocycles. The van der Waals surface area contributed by atoms with Crippen molar-refractivity contribution in [3.8, 4) is 5.75 Å². The lowest BCUT2D eigenvalue weighted by Gasteiger charge is -2.13. The minimum Gasteiger partial charge on any atom is -0.487 e. The van der Waals surface area contributed by atoms with Crippen LogP contribution in [0.1, 0.15) is 41.3 Å². The number of benzene rings is 1. The molecule has 9 heteroatoms. The number of ether oxygens (including phenoxy) is 2. The molecule has 0 aliphatic rings. The maximum Gasteiger partial charge on any atom is 0.338 e. The van der Waals surface area contributed by atoms with E-state index in [2.05, 4.69) is 15.6 Å². The third-order valence-corrected chi connectivity index (χ3v) is 4.62. The topological polar surface area (TPSA) is 107 Å². The number of carbonyl (C=O) groups excluding carboxylic acids is 3. The summed E-state index contributed by atoms with van der Waals surface area (Å²) >= 11 is 1.55. The lowest BCUT2D eigenvalue weighted by molar-refractivity contribution is -0.130. The van der Waals surface area contributed by atoms with Crippen molar-refractivity contribution >= 4 is 29.1 Å². The van der Waals surface area contributed by atoms with Crippen LogP contribution in [0.3, 0.4) is 0 Å². The van der Waals surface area contributed by atoms with Crippen LogP contribution in [0.15, 0.2) is 29.6 Å². The van der Waals surface area contributed by atoms with Gasteiger partial charge in [-0.1, -0.05) is 6.92 Å². The lowest BCUT2D eigenvalue weighted by atomic mass is 10.2. The molecule has 0 spiro atoms. The van der Waals surface area contributed by atoms with E-state index >= 15 is 0 Å². The van der Waals surface area contributed by atoms with Crippen LogP contribution in [-0.2, 0) is 20.9 Å². The largest absolute Gasteiger partial charge is 0.487 e. The van der Waals surface area contributed by atoms with Crippen molar-refractivity contribution in [1.82, 2.24) is 15.6 Å². The first-order valence-electron chi connectivity index (χ1n) is 9.27. The van der Waals surface area contributed by atoms with Crippen molar-refractivity contribution in [1.29, 1.82) is 0 Å². The Balaban J connectivity index is 1.75. The fraction of sp³-hybridized carbons (Fsp3) is 0.400. The maximum atomic E-state index is 12.1. The van der Waals surface area contributed by atoms with E-state index in [0.717, 1.165) is 17.1 Å². The Labute approximate surface area is 173 Å². The molecule has 0 saturated carbocycles. The quantitative estimate of drug-likeness (QED) is 0.572. The molecule has 2 amide bonds. The summed E-state index contributed by atoms with van der Waals surface area (Å²) < 4.78 is 10.6. The Bertz CT molecular complexity index is 835. The molecule has 2 N–H and O–H groups in total. The van der Waals surface area contributed by atoms with Crippen LogP contribution in [0.25, 0.3) is 0 Å². The van der Waals surface area contributed by atoms with Crippen molar-refractivity contribution in [3.05, 3.63) is 45.9 Å². The molecular formula is C20H25N3O5S. The highest BCUT2D eigenvalue weighted by atomic mass is 32.1. The van der Waals surface area contributed by atoms with Crippen LogP contribution >= 0.6 is 11.3 Å². The molecule has 0 aliphatic carbocycles.